The molecule has 3 fully saturated rings. The highest BCUT2D eigenvalue weighted by Crippen LogP contribution is 2.42. The molecule has 1 aromatic rings. The second kappa shape index (κ2) is 7.55. The second-order valence-corrected chi connectivity index (χ2v) is 9.07. The van der Waals surface area contributed by atoms with Gasteiger partial charge in [0.1, 0.15) is 0 Å². The van der Waals surface area contributed by atoms with Crippen LogP contribution in [-0.4, -0.2) is 57.7 Å². The number of piperazine rings is 1. The Kier molecular flexibility index (Phi) is 5.30. The Labute approximate surface area is 163 Å². The molecular weight excluding hydrogens is 338 g/mol. The Morgan fingerprint density at radius 2 is 1.74 bits per heavy atom. The van der Waals surface area contributed by atoms with Crippen molar-refractivity contribution in [1.29, 1.82) is 0 Å². The summed E-state index contributed by atoms with van der Waals surface area (Å²) in [5.41, 5.74) is 10.1. The van der Waals surface area contributed by atoms with E-state index in [1.807, 2.05) is 11.7 Å². The number of hydrogen-bond acceptors (Lipinski definition) is 4. The smallest absolute Gasteiger partial charge is 0.225 e. The molecule has 2 aliphatic carbocycles. The molecule has 0 radical (unpaired) electrons. The number of carbonyl (C=O) groups is 1. The van der Waals surface area contributed by atoms with Crippen LogP contribution in [0.1, 0.15) is 49.1 Å². The zero-order chi connectivity index (χ0) is 19.1. The van der Waals surface area contributed by atoms with E-state index in [1.165, 1.54) is 30.5 Å². The predicted molar refractivity (Wildman–Crippen MR) is 106 cm³/mol. The van der Waals surface area contributed by atoms with Crippen molar-refractivity contribution in [2.75, 3.05) is 26.2 Å². The summed E-state index contributed by atoms with van der Waals surface area (Å²) in [6.45, 7) is 8.80. The third-order valence-electron chi connectivity index (χ3n) is 7.49. The van der Waals surface area contributed by atoms with Crippen LogP contribution < -0.4 is 5.73 Å². The number of aryl methyl sites for hydroxylation is 2. The van der Waals surface area contributed by atoms with Crippen molar-refractivity contribution in [3.63, 3.8) is 0 Å². The third-order valence-corrected chi connectivity index (χ3v) is 7.49. The summed E-state index contributed by atoms with van der Waals surface area (Å²) in [6, 6.07) is 0.339. The largest absolute Gasteiger partial charge is 0.340 e. The summed E-state index contributed by atoms with van der Waals surface area (Å²) in [4.78, 5) is 17.7. The van der Waals surface area contributed by atoms with Crippen LogP contribution in [0.4, 0.5) is 0 Å². The molecule has 1 aliphatic heterocycles. The fraction of sp³-hybridized carbons (Fsp3) is 0.810. The van der Waals surface area contributed by atoms with Crippen molar-refractivity contribution in [3.8, 4) is 0 Å². The van der Waals surface area contributed by atoms with Gasteiger partial charge in [-0.2, -0.15) is 5.10 Å². The lowest BCUT2D eigenvalue weighted by molar-refractivity contribution is -0.140. The number of aromatic nitrogens is 2. The molecular formula is C21H35N5O. The minimum atomic E-state index is 0.217. The first kappa shape index (κ1) is 18.9. The van der Waals surface area contributed by atoms with E-state index < -0.39 is 0 Å². The van der Waals surface area contributed by atoms with E-state index in [9.17, 15) is 4.79 Å². The van der Waals surface area contributed by atoms with Crippen LogP contribution in [0, 0.1) is 31.6 Å². The predicted octanol–water partition coefficient (Wildman–Crippen LogP) is 1.83. The third kappa shape index (κ3) is 3.66. The maximum absolute atomic E-state index is 13.1. The normalized spacial score (nSPS) is 31.9. The summed E-state index contributed by atoms with van der Waals surface area (Å²) in [6.07, 6.45) is 5.78. The van der Waals surface area contributed by atoms with Gasteiger partial charge in [0.2, 0.25) is 5.91 Å². The molecule has 2 atom stereocenters. The Balaban J connectivity index is 1.32. The summed E-state index contributed by atoms with van der Waals surface area (Å²) in [5, 5.41) is 4.53. The van der Waals surface area contributed by atoms with E-state index in [4.69, 9.17) is 5.73 Å². The van der Waals surface area contributed by atoms with Gasteiger partial charge in [-0.1, -0.05) is 6.42 Å². The lowest BCUT2D eigenvalue weighted by Gasteiger charge is -2.45. The zero-order valence-corrected chi connectivity index (χ0v) is 17.2. The first-order valence-electron chi connectivity index (χ1n) is 10.7. The minimum Gasteiger partial charge on any atom is -0.340 e. The second-order valence-electron chi connectivity index (χ2n) is 9.07. The van der Waals surface area contributed by atoms with Crippen molar-refractivity contribution in [2.45, 2.75) is 58.5 Å². The van der Waals surface area contributed by atoms with Crippen molar-refractivity contribution in [2.24, 2.45) is 30.5 Å². The maximum atomic E-state index is 13.1. The SMILES string of the molecule is Cc1nn(C)c(C)c1CN1CCN(C(=O)C2CC3CCCC(C2)C3N)CC1. The highest BCUT2D eigenvalue weighted by molar-refractivity contribution is 5.79. The van der Waals surface area contributed by atoms with Crippen LogP contribution in [0.25, 0.3) is 0 Å². The first-order valence-corrected chi connectivity index (χ1v) is 10.7. The standard InChI is InChI=1S/C21H35N5O/c1-14-19(15(2)24(3)23-14)13-25-7-9-26(10-8-25)21(27)18-11-16-5-4-6-17(12-18)20(16)22/h16-18,20H,4-13,22H2,1-3H3. The fourth-order valence-electron chi connectivity index (χ4n) is 5.65. The van der Waals surface area contributed by atoms with Gasteiger partial charge in [-0.05, 0) is 51.4 Å². The molecule has 2 bridgehead atoms. The lowest BCUT2D eigenvalue weighted by Crippen LogP contribution is -2.53. The fourth-order valence-corrected chi connectivity index (χ4v) is 5.65. The van der Waals surface area contributed by atoms with E-state index in [0.717, 1.165) is 51.3 Å². The van der Waals surface area contributed by atoms with E-state index in [0.29, 0.717) is 23.8 Å². The Hall–Kier alpha value is -1.40. The van der Waals surface area contributed by atoms with Gasteiger partial charge in [0.25, 0.3) is 0 Å². The van der Waals surface area contributed by atoms with Gasteiger partial charge >= 0.3 is 0 Å². The van der Waals surface area contributed by atoms with E-state index in [1.54, 1.807) is 0 Å². The van der Waals surface area contributed by atoms with Crippen molar-refractivity contribution >= 4 is 5.91 Å². The molecule has 0 aromatic carbocycles. The average Bonchev–Trinajstić information content (AvgIpc) is 2.88. The number of fused-ring (bicyclic) bond motifs is 2. The van der Waals surface area contributed by atoms with Crippen LogP contribution in [0.2, 0.25) is 0 Å². The topological polar surface area (TPSA) is 67.4 Å². The quantitative estimate of drug-likeness (QED) is 0.878. The van der Waals surface area contributed by atoms with Gasteiger partial charge in [0.15, 0.2) is 0 Å². The Morgan fingerprint density at radius 1 is 1.11 bits per heavy atom. The van der Waals surface area contributed by atoms with Gasteiger partial charge in [-0.3, -0.25) is 14.4 Å². The van der Waals surface area contributed by atoms with Crippen LogP contribution >= 0.6 is 0 Å². The highest BCUT2D eigenvalue weighted by atomic mass is 16.2. The molecule has 150 valence electrons. The van der Waals surface area contributed by atoms with Gasteiger partial charge in [0.05, 0.1) is 5.69 Å². The summed E-state index contributed by atoms with van der Waals surface area (Å²) in [7, 11) is 2.01. The van der Waals surface area contributed by atoms with Gasteiger partial charge in [-0.25, -0.2) is 0 Å². The summed E-state index contributed by atoms with van der Waals surface area (Å²) >= 11 is 0. The molecule has 3 aliphatic rings. The molecule has 2 saturated carbocycles. The summed E-state index contributed by atoms with van der Waals surface area (Å²) in [5.74, 6) is 1.76. The number of carbonyl (C=O) groups excluding carboxylic acids is 1. The molecule has 6 heteroatoms. The van der Waals surface area contributed by atoms with Crippen LogP contribution in [0.15, 0.2) is 0 Å². The van der Waals surface area contributed by atoms with E-state index >= 15 is 0 Å². The zero-order valence-electron chi connectivity index (χ0n) is 17.2. The molecule has 2 heterocycles. The van der Waals surface area contributed by atoms with Crippen LogP contribution in [0.5, 0.6) is 0 Å². The van der Waals surface area contributed by atoms with Crippen LogP contribution in [-0.2, 0) is 18.4 Å². The van der Waals surface area contributed by atoms with Gasteiger partial charge in [0, 0.05) is 63.0 Å². The average molecular weight is 374 g/mol. The highest BCUT2D eigenvalue weighted by Gasteiger charge is 2.41. The van der Waals surface area contributed by atoms with Crippen molar-refractivity contribution in [1.82, 2.24) is 19.6 Å². The Morgan fingerprint density at radius 3 is 2.30 bits per heavy atom. The van der Waals surface area contributed by atoms with Crippen molar-refractivity contribution in [3.05, 3.63) is 17.0 Å². The molecule has 1 aromatic heterocycles. The Bertz CT molecular complexity index is 677. The van der Waals surface area contributed by atoms with E-state index in [-0.39, 0.29) is 5.92 Å². The number of rotatable bonds is 3. The maximum Gasteiger partial charge on any atom is 0.225 e. The van der Waals surface area contributed by atoms with Crippen LogP contribution in [0.3, 0.4) is 0 Å². The number of nitrogens with zero attached hydrogens (tertiary/aromatic N) is 4. The number of hydrogen-bond donors (Lipinski definition) is 1. The molecule has 0 spiro atoms. The van der Waals surface area contributed by atoms with Crippen molar-refractivity contribution < 1.29 is 4.79 Å². The number of nitrogens with two attached hydrogens (primary N) is 1. The molecule has 2 unspecified atom stereocenters. The van der Waals surface area contributed by atoms with Gasteiger partial charge in [-0.15, -0.1) is 0 Å². The summed E-state index contributed by atoms with van der Waals surface area (Å²) < 4.78 is 1.97. The molecule has 27 heavy (non-hydrogen) atoms. The van der Waals surface area contributed by atoms with E-state index in [2.05, 4.69) is 28.7 Å². The minimum absolute atomic E-state index is 0.217. The van der Waals surface area contributed by atoms with Gasteiger partial charge < -0.3 is 10.6 Å². The first-order chi connectivity index (χ1) is 12.9. The molecule has 4 rings (SSSR count). The monoisotopic (exact) mass is 373 g/mol. The molecule has 1 amide bonds. The molecule has 2 N–H and O–H groups in total. The number of amides is 1. The molecule has 6 nitrogen and oxygen atoms in total. The lowest BCUT2D eigenvalue weighted by atomic mass is 9.65. The molecule has 1 saturated heterocycles.